The molecule has 3 rings (SSSR count). The van der Waals surface area contributed by atoms with Crippen molar-refractivity contribution in [3.05, 3.63) is 35.6 Å². The molecule has 0 aromatic heterocycles. The number of aliphatic hydroxyl groups excluding tert-OH is 1. The highest BCUT2D eigenvalue weighted by molar-refractivity contribution is 6.15. The van der Waals surface area contributed by atoms with Crippen molar-refractivity contribution < 1.29 is 14.7 Å². The zero-order valence-corrected chi connectivity index (χ0v) is 14.5. The number of allylic oxidation sites excluding steroid dienone is 2. The van der Waals surface area contributed by atoms with Gasteiger partial charge < -0.3 is 10.4 Å². The van der Waals surface area contributed by atoms with Crippen LogP contribution in [0.25, 0.3) is 0 Å². The van der Waals surface area contributed by atoms with E-state index in [-0.39, 0.29) is 22.9 Å². The SMILES string of the molecule is CC(=O)Nc1ccc(N=CC2=C(O)CC3(CCCCC3)CC2=O)cc1. The van der Waals surface area contributed by atoms with Crippen molar-refractivity contribution in [3.8, 4) is 0 Å². The number of carbonyl (C=O) groups is 2. The average molecular weight is 340 g/mol. The summed E-state index contributed by atoms with van der Waals surface area (Å²) in [5.74, 6) is 0.0387. The third-order valence-electron chi connectivity index (χ3n) is 5.13. The summed E-state index contributed by atoms with van der Waals surface area (Å²) >= 11 is 0. The van der Waals surface area contributed by atoms with Crippen molar-refractivity contribution in [1.82, 2.24) is 0 Å². The maximum atomic E-state index is 12.5. The van der Waals surface area contributed by atoms with Crippen molar-refractivity contribution in [1.29, 1.82) is 0 Å². The molecule has 1 saturated carbocycles. The van der Waals surface area contributed by atoms with Gasteiger partial charge in [0.25, 0.3) is 0 Å². The predicted molar refractivity (Wildman–Crippen MR) is 98.3 cm³/mol. The van der Waals surface area contributed by atoms with Gasteiger partial charge in [0.05, 0.1) is 11.3 Å². The largest absolute Gasteiger partial charge is 0.511 e. The second-order valence-electron chi connectivity index (χ2n) is 7.18. The monoisotopic (exact) mass is 340 g/mol. The van der Waals surface area contributed by atoms with Gasteiger partial charge in [0.1, 0.15) is 5.76 Å². The zero-order valence-electron chi connectivity index (χ0n) is 14.5. The first-order valence-electron chi connectivity index (χ1n) is 8.85. The molecule has 0 unspecified atom stereocenters. The van der Waals surface area contributed by atoms with Gasteiger partial charge in [0, 0.05) is 31.7 Å². The topological polar surface area (TPSA) is 78.8 Å². The lowest BCUT2D eigenvalue weighted by molar-refractivity contribution is -0.119. The lowest BCUT2D eigenvalue weighted by atomic mass is 9.65. The maximum absolute atomic E-state index is 12.5. The van der Waals surface area contributed by atoms with Crippen LogP contribution in [0.3, 0.4) is 0 Å². The van der Waals surface area contributed by atoms with Gasteiger partial charge in [0.2, 0.25) is 5.91 Å². The van der Waals surface area contributed by atoms with Crippen LogP contribution in [0.4, 0.5) is 11.4 Å². The standard InChI is InChI=1S/C20H24N2O3/c1-14(23)22-16-7-5-15(6-8-16)21-13-17-18(24)11-20(12-19(17)25)9-3-2-4-10-20/h5-8,13,24H,2-4,9-12H2,1H3,(H,22,23). The Morgan fingerprint density at radius 3 is 2.44 bits per heavy atom. The molecule has 0 aliphatic heterocycles. The Bertz CT molecular complexity index is 726. The number of hydrogen-bond donors (Lipinski definition) is 2. The van der Waals surface area contributed by atoms with Crippen LogP contribution in [-0.4, -0.2) is 23.0 Å². The number of benzene rings is 1. The number of ketones is 1. The summed E-state index contributed by atoms with van der Waals surface area (Å²) < 4.78 is 0. The van der Waals surface area contributed by atoms with Crippen molar-refractivity contribution in [3.63, 3.8) is 0 Å². The highest BCUT2D eigenvalue weighted by Crippen LogP contribution is 2.47. The van der Waals surface area contributed by atoms with Crippen LogP contribution >= 0.6 is 0 Å². The van der Waals surface area contributed by atoms with E-state index in [1.165, 1.54) is 19.6 Å². The average Bonchev–Trinajstić information content (AvgIpc) is 2.55. The number of anilines is 1. The fourth-order valence-electron chi connectivity index (χ4n) is 3.88. The Morgan fingerprint density at radius 1 is 1.16 bits per heavy atom. The highest BCUT2D eigenvalue weighted by Gasteiger charge is 2.40. The van der Waals surface area contributed by atoms with Crippen molar-refractivity contribution >= 4 is 29.3 Å². The summed E-state index contributed by atoms with van der Waals surface area (Å²) in [6.45, 7) is 1.45. The van der Waals surface area contributed by atoms with Crippen molar-refractivity contribution in [2.45, 2.75) is 51.9 Å². The molecular formula is C20H24N2O3. The molecule has 1 spiro atoms. The minimum Gasteiger partial charge on any atom is -0.511 e. The highest BCUT2D eigenvalue weighted by atomic mass is 16.3. The molecule has 5 nitrogen and oxygen atoms in total. The third-order valence-corrected chi connectivity index (χ3v) is 5.13. The fraction of sp³-hybridized carbons (Fsp3) is 0.450. The summed E-state index contributed by atoms with van der Waals surface area (Å²) in [7, 11) is 0. The normalized spacial score (nSPS) is 20.3. The van der Waals surface area contributed by atoms with E-state index < -0.39 is 0 Å². The van der Waals surface area contributed by atoms with Gasteiger partial charge in [-0.3, -0.25) is 14.6 Å². The smallest absolute Gasteiger partial charge is 0.221 e. The van der Waals surface area contributed by atoms with Crippen LogP contribution in [0.15, 0.2) is 40.6 Å². The first-order valence-corrected chi connectivity index (χ1v) is 8.85. The molecule has 0 heterocycles. The molecule has 1 amide bonds. The Balaban J connectivity index is 1.73. The zero-order chi connectivity index (χ0) is 17.9. The van der Waals surface area contributed by atoms with Crippen LogP contribution in [-0.2, 0) is 9.59 Å². The lowest BCUT2D eigenvalue weighted by Gasteiger charge is -2.39. The molecule has 1 aromatic carbocycles. The second kappa shape index (κ2) is 7.21. The van der Waals surface area contributed by atoms with Crippen LogP contribution in [0, 0.1) is 5.41 Å². The third kappa shape index (κ3) is 4.16. The van der Waals surface area contributed by atoms with Gasteiger partial charge in [-0.2, -0.15) is 0 Å². The lowest BCUT2D eigenvalue weighted by Crippen LogP contribution is -2.33. The first kappa shape index (κ1) is 17.4. The van der Waals surface area contributed by atoms with E-state index in [0.29, 0.717) is 29.8 Å². The van der Waals surface area contributed by atoms with Gasteiger partial charge in [-0.1, -0.05) is 19.3 Å². The molecule has 132 valence electrons. The number of nitrogens with zero attached hydrogens (tertiary/aromatic N) is 1. The summed E-state index contributed by atoms with van der Waals surface area (Å²) in [5.41, 5.74) is 1.67. The van der Waals surface area contributed by atoms with E-state index in [0.717, 1.165) is 25.7 Å². The Hall–Kier alpha value is -2.43. The molecule has 0 radical (unpaired) electrons. The summed E-state index contributed by atoms with van der Waals surface area (Å²) in [6.07, 6.45) is 8.14. The van der Waals surface area contributed by atoms with Crippen molar-refractivity contribution in [2.24, 2.45) is 10.4 Å². The molecule has 5 heteroatoms. The Labute approximate surface area is 147 Å². The molecule has 2 aliphatic rings. The predicted octanol–water partition coefficient (Wildman–Crippen LogP) is 4.47. The second-order valence-corrected chi connectivity index (χ2v) is 7.18. The number of nitrogens with one attached hydrogen (secondary N) is 1. The quantitative estimate of drug-likeness (QED) is 0.797. The number of Topliss-reactive ketones (excluding diaryl/α,β-unsaturated/α-hetero) is 1. The van der Waals surface area contributed by atoms with Gasteiger partial charge in [0.15, 0.2) is 5.78 Å². The summed E-state index contributed by atoms with van der Waals surface area (Å²) in [5, 5.41) is 13.1. The minimum atomic E-state index is -0.129. The van der Waals surface area contributed by atoms with E-state index >= 15 is 0 Å². The molecule has 0 atom stereocenters. The van der Waals surface area contributed by atoms with E-state index in [1.54, 1.807) is 24.3 Å². The first-order chi connectivity index (χ1) is 12.0. The number of rotatable bonds is 3. The van der Waals surface area contributed by atoms with Gasteiger partial charge in [-0.05, 0) is 42.5 Å². The molecule has 1 fully saturated rings. The Morgan fingerprint density at radius 2 is 1.84 bits per heavy atom. The van der Waals surface area contributed by atoms with Gasteiger partial charge in [-0.15, -0.1) is 0 Å². The molecule has 0 bridgehead atoms. The van der Waals surface area contributed by atoms with E-state index in [1.807, 2.05) is 0 Å². The van der Waals surface area contributed by atoms with Crippen LogP contribution in [0.1, 0.15) is 51.9 Å². The van der Waals surface area contributed by atoms with Crippen LogP contribution in [0.2, 0.25) is 0 Å². The molecule has 1 aromatic rings. The molecular weight excluding hydrogens is 316 g/mol. The summed E-state index contributed by atoms with van der Waals surface area (Å²) in [4.78, 5) is 27.8. The molecule has 2 aliphatic carbocycles. The van der Waals surface area contributed by atoms with Crippen LogP contribution < -0.4 is 5.32 Å². The van der Waals surface area contributed by atoms with E-state index in [9.17, 15) is 14.7 Å². The molecule has 2 N–H and O–H groups in total. The van der Waals surface area contributed by atoms with Crippen LogP contribution in [0.5, 0.6) is 0 Å². The van der Waals surface area contributed by atoms with E-state index in [4.69, 9.17) is 0 Å². The number of aliphatic hydroxyl groups is 1. The molecule has 0 saturated heterocycles. The fourth-order valence-corrected chi connectivity index (χ4v) is 3.88. The number of hydrogen-bond acceptors (Lipinski definition) is 4. The number of carbonyl (C=O) groups excluding carboxylic acids is 2. The number of amides is 1. The Kier molecular flexibility index (Phi) is 5.02. The minimum absolute atomic E-state index is 0.00994. The van der Waals surface area contributed by atoms with Crippen molar-refractivity contribution in [2.75, 3.05) is 5.32 Å². The summed E-state index contributed by atoms with van der Waals surface area (Å²) in [6, 6.07) is 7.02. The van der Waals surface area contributed by atoms with Gasteiger partial charge >= 0.3 is 0 Å². The van der Waals surface area contributed by atoms with E-state index in [2.05, 4.69) is 10.3 Å². The number of aliphatic imine (C=N–C) groups is 1. The molecule has 25 heavy (non-hydrogen) atoms. The van der Waals surface area contributed by atoms with Gasteiger partial charge in [-0.25, -0.2) is 0 Å². The maximum Gasteiger partial charge on any atom is 0.221 e.